The fourth-order valence-corrected chi connectivity index (χ4v) is 1.06. The molecule has 0 unspecified atom stereocenters. The Kier molecular flexibility index (Phi) is 3.45. The third-order valence-corrected chi connectivity index (χ3v) is 1.71. The maximum Gasteiger partial charge on any atom is 0.309 e. The van der Waals surface area contributed by atoms with Crippen LogP contribution >= 0.6 is 0 Å². The van der Waals surface area contributed by atoms with Gasteiger partial charge in [0.25, 0.3) is 6.43 Å². The molecule has 1 aromatic heterocycles. The van der Waals surface area contributed by atoms with Crippen molar-refractivity contribution in [1.29, 1.82) is 5.26 Å². The number of rotatable bonds is 3. The van der Waals surface area contributed by atoms with Crippen LogP contribution in [-0.2, 0) is 11.2 Å². The molecule has 0 aromatic carbocycles. The number of nitrogens with zero attached hydrogens (tertiary/aromatic N) is 2. The first-order valence-electron chi connectivity index (χ1n) is 4.05. The van der Waals surface area contributed by atoms with Gasteiger partial charge in [0.1, 0.15) is 11.8 Å². The van der Waals surface area contributed by atoms with Gasteiger partial charge in [-0.1, -0.05) is 0 Å². The lowest BCUT2D eigenvalue weighted by Gasteiger charge is -2.05. The summed E-state index contributed by atoms with van der Waals surface area (Å²) in [4.78, 5) is 13.5. The Labute approximate surface area is 88.0 Å². The van der Waals surface area contributed by atoms with Gasteiger partial charge in [0.05, 0.1) is 17.7 Å². The summed E-state index contributed by atoms with van der Waals surface area (Å²) in [6, 6.07) is 1.97. The maximum atomic E-state index is 13.3. The van der Waals surface area contributed by atoms with Crippen molar-refractivity contribution in [1.82, 2.24) is 4.98 Å². The van der Waals surface area contributed by atoms with E-state index in [1.807, 2.05) is 0 Å². The summed E-state index contributed by atoms with van der Waals surface area (Å²) in [6.07, 6.45) is -3.83. The Morgan fingerprint density at radius 2 is 2.25 bits per heavy atom. The van der Waals surface area contributed by atoms with Crippen LogP contribution in [0.25, 0.3) is 0 Å². The molecule has 0 saturated carbocycles. The SMILES string of the molecule is N#Cc1cc(C(F)F)nc(CC(=O)O)c1F. The molecule has 4 nitrogen and oxygen atoms in total. The molecule has 0 amide bonds. The zero-order valence-corrected chi connectivity index (χ0v) is 7.75. The molecule has 84 valence electrons. The Balaban J connectivity index is 3.31. The first-order valence-corrected chi connectivity index (χ1v) is 4.05. The topological polar surface area (TPSA) is 74.0 Å². The number of aromatic nitrogens is 1. The van der Waals surface area contributed by atoms with Gasteiger partial charge in [0.15, 0.2) is 5.82 Å². The van der Waals surface area contributed by atoms with Crippen molar-refractivity contribution in [3.8, 4) is 6.07 Å². The summed E-state index contributed by atoms with van der Waals surface area (Å²) in [5, 5.41) is 16.9. The molecule has 7 heteroatoms. The molecule has 0 aliphatic carbocycles. The van der Waals surface area contributed by atoms with E-state index in [1.165, 1.54) is 6.07 Å². The van der Waals surface area contributed by atoms with Crippen molar-refractivity contribution in [3.05, 3.63) is 28.8 Å². The zero-order chi connectivity index (χ0) is 12.3. The van der Waals surface area contributed by atoms with E-state index in [0.29, 0.717) is 6.07 Å². The van der Waals surface area contributed by atoms with Crippen LogP contribution in [-0.4, -0.2) is 16.1 Å². The number of alkyl halides is 2. The molecule has 1 aromatic rings. The summed E-state index contributed by atoms with van der Waals surface area (Å²) >= 11 is 0. The number of carboxylic acid groups (broad SMARTS) is 1. The number of nitriles is 1. The highest BCUT2D eigenvalue weighted by Crippen LogP contribution is 2.21. The third-order valence-electron chi connectivity index (χ3n) is 1.71. The Bertz CT molecular complexity index is 469. The van der Waals surface area contributed by atoms with E-state index in [-0.39, 0.29) is 0 Å². The summed E-state index contributed by atoms with van der Waals surface area (Å²) in [5.41, 5.74) is -2.11. The van der Waals surface area contributed by atoms with E-state index < -0.39 is 41.6 Å². The summed E-state index contributed by atoms with van der Waals surface area (Å²) in [6.45, 7) is 0. The number of hydrogen-bond donors (Lipinski definition) is 1. The van der Waals surface area contributed by atoms with Crippen LogP contribution in [0.4, 0.5) is 13.2 Å². The largest absolute Gasteiger partial charge is 0.481 e. The second-order valence-corrected chi connectivity index (χ2v) is 2.84. The quantitative estimate of drug-likeness (QED) is 0.856. The first-order chi connectivity index (χ1) is 7.45. The molecule has 0 radical (unpaired) electrons. The van der Waals surface area contributed by atoms with E-state index >= 15 is 0 Å². The molecule has 1 N–H and O–H groups in total. The number of carbonyl (C=O) groups is 1. The van der Waals surface area contributed by atoms with E-state index in [9.17, 15) is 18.0 Å². The fraction of sp³-hybridized carbons (Fsp3) is 0.222. The summed E-state index contributed by atoms with van der Waals surface area (Å²) in [7, 11) is 0. The number of pyridine rings is 1. The van der Waals surface area contributed by atoms with E-state index in [1.54, 1.807) is 0 Å². The van der Waals surface area contributed by atoms with Gasteiger partial charge >= 0.3 is 5.97 Å². The highest BCUT2D eigenvalue weighted by Gasteiger charge is 2.19. The van der Waals surface area contributed by atoms with Crippen molar-refractivity contribution >= 4 is 5.97 Å². The van der Waals surface area contributed by atoms with Crippen LogP contribution in [0.1, 0.15) is 23.4 Å². The number of hydrogen-bond acceptors (Lipinski definition) is 3. The highest BCUT2D eigenvalue weighted by atomic mass is 19.3. The van der Waals surface area contributed by atoms with E-state index in [4.69, 9.17) is 10.4 Å². The molecule has 0 spiro atoms. The maximum absolute atomic E-state index is 13.3. The van der Waals surface area contributed by atoms with Crippen molar-refractivity contribution in [2.45, 2.75) is 12.8 Å². The first kappa shape index (κ1) is 12.0. The van der Waals surface area contributed by atoms with Crippen molar-refractivity contribution in [2.75, 3.05) is 0 Å². The molecule has 1 heterocycles. The average molecular weight is 230 g/mol. The molecule has 16 heavy (non-hydrogen) atoms. The zero-order valence-electron chi connectivity index (χ0n) is 7.75. The van der Waals surface area contributed by atoms with Crippen molar-refractivity contribution in [3.63, 3.8) is 0 Å². The fourth-order valence-electron chi connectivity index (χ4n) is 1.06. The lowest BCUT2D eigenvalue weighted by Crippen LogP contribution is -2.09. The molecular formula is C9H5F3N2O2. The van der Waals surface area contributed by atoms with Crippen LogP contribution in [0.3, 0.4) is 0 Å². The van der Waals surface area contributed by atoms with Gasteiger partial charge in [-0.05, 0) is 6.07 Å². The van der Waals surface area contributed by atoms with E-state index in [0.717, 1.165) is 0 Å². The third kappa shape index (κ3) is 2.48. The molecular weight excluding hydrogens is 225 g/mol. The molecule has 0 bridgehead atoms. The minimum Gasteiger partial charge on any atom is -0.481 e. The molecule has 0 atom stereocenters. The molecule has 0 aliphatic heterocycles. The smallest absolute Gasteiger partial charge is 0.309 e. The monoisotopic (exact) mass is 230 g/mol. The molecule has 1 rings (SSSR count). The van der Waals surface area contributed by atoms with Crippen LogP contribution in [0.2, 0.25) is 0 Å². The number of aliphatic carboxylic acids is 1. The van der Waals surface area contributed by atoms with Crippen LogP contribution in [0.15, 0.2) is 6.07 Å². The van der Waals surface area contributed by atoms with Gasteiger partial charge in [0.2, 0.25) is 0 Å². The minimum absolute atomic E-state index is 0.603. The Morgan fingerprint density at radius 3 is 2.69 bits per heavy atom. The second kappa shape index (κ2) is 4.61. The van der Waals surface area contributed by atoms with Crippen LogP contribution in [0, 0.1) is 17.1 Å². The lowest BCUT2D eigenvalue weighted by atomic mass is 10.1. The highest BCUT2D eigenvalue weighted by molar-refractivity contribution is 5.69. The summed E-state index contributed by atoms with van der Waals surface area (Å²) < 4.78 is 37.9. The normalized spacial score (nSPS) is 10.2. The van der Waals surface area contributed by atoms with Gasteiger partial charge < -0.3 is 5.11 Å². The van der Waals surface area contributed by atoms with Crippen molar-refractivity contribution in [2.24, 2.45) is 0 Å². The predicted octanol–water partition coefficient (Wildman–Crippen LogP) is 1.66. The minimum atomic E-state index is -2.99. The molecule has 0 fully saturated rings. The Morgan fingerprint density at radius 1 is 1.62 bits per heavy atom. The summed E-state index contributed by atoms with van der Waals surface area (Å²) in [5.74, 6) is -2.59. The van der Waals surface area contributed by atoms with Gasteiger partial charge in [-0.2, -0.15) is 5.26 Å². The lowest BCUT2D eigenvalue weighted by molar-refractivity contribution is -0.136. The number of halogens is 3. The van der Waals surface area contributed by atoms with Crippen LogP contribution in [0.5, 0.6) is 0 Å². The van der Waals surface area contributed by atoms with Crippen molar-refractivity contribution < 1.29 is 23.1 Å². The standard InChI is InChI=1S/C9H5F3N2O2/c10-8-4(3-13)1-6(9(11)12)14-5(8)2-7(15)16/h1,9H,2H2,(H,15,16). The van der Waals surface area contributed by atoms with Gasteiger partial charge in [-0.25, -0.2) is 18.2 Å². The van der Waals surface area contributed by atoms with Crippen LogP contribution < -0.4 is 0 Å². The average Bonchev–Trinajstić information content (AvgIpc) is 2.20. The van der Waals surface area contributed by atoms with Gasteiger partial charge in [0, 0.05) is 0 Å². The molecule has 0 saturated heterocycles. The predicted molar refractivity (Wildman–Crippen MR) is 45.2 cm³/mol. The molecule has 0 aliphatic rings. The van der Waals surface area contributed by atoms with Gasteiger partial charge in [-0.15, -0.1) is 0 Å². The second-order valence-electron chi connectivity index (χ2n) is 2.84. The number of carboxylic acids is 1. The van der Waals surface area contributed by atoms with E-state index in [2.05, 4.69) is 4.98 Å². The Hall–Kier alpha value is -2.10. The van der Waals surface area contributed by atoms with Gasteiger partial charge in [-0.3, -0.25) is 4.79 Å².